The summed E-state index contributed by atoms with van der Waals surface area (Å²) in [6.45, 7) is 8.18. The molecule has 0 radical (unpaired) electrons. The predicted molar refractivity (Wildman–Crippen MR) is 121 cm³/mol. The molecule has 0 saturated carbocycles. The van der Waals surface area contributed by atoms with Gasteiger partial charge in [0.15, 0.2) is 5.75 Å². The molecule has 0 unspecified atom stereocenters. The average Bonchev–Trinajstić information content (AvgIpc) is 3.02. The van der Waals surface area contributed by atoms with Crippen LogP contribution in [-0.2, 0) is 9.53 Å². The molecule has 0 spiro atoms. The molecular formula is C23H24Cl3NO3. The molecule has 1 aliphatic heterocycles. The van der Waals surface area contributed by atoms with Crippen molar-refractivity contribution in [1.82, 2.24) is 4.90 Å². The number of nitrogens with zero attached hydrogens (tertiary/aromatic N) is 1. The summed E-state index contributed by atoms with van der Waals surface area (Å²) in [4.78, 5) is 15.4. The fourth-order valence-electron chi connectivity index (χ4n) is 3.74. The molecule has 0 bridgehead atoms. The van der Waals surface area contributed by atoms with Gasteiger partial charge in [-0.15, -0.1) is 6.58 Å². The maximum Gasteiger partial charge on any atom is 0.328 e. The molecule has 0 aliphatic carbocycles. The van der Waals surface area contributed by atoms with Crippen molar-refractivity contribution in [1.29, 1.82) is 0 Å². The Hall–Kier alpha value is -1.56. The smallest absolute Gasteiger partial charge is 0.328 e. The molecule has 1 saturated heterocycles. The Morgan fingerprint density at radius 2 is 1.90 bits per heavy atom. The number of carbonyl (C=O) groups is 1. The first-order valence-electron chi connectivity index (χ1n) is 9.69. The molecule has 1 heterocycles. The second-order valence-electron chi connectivity index (χ2n) is 7.59. The molecule has 2 aromatic carbocycles. The monoisotopic (exact) mass is 467 g/mol. The zero-order valence-corrected chi connectivity index (χ0v) is 19.2. The Labute approximate surface area is 192 Å². The summed E-state index contributed by atoms with van der Waals surface area (Å²) in [6.07, 6.45) is 2.95. The van der Waals surface area contributed by atoms with Gasteiger partial charge >= 0.3 is 5.97 Å². The SMILES string of the molecule is C=CCC[C@@H](C(=O)Oc1cc(Cl)c(Cl)cc1Cl)N1[C@H](c2ccccc2)COC1(C)C. The van der Waals surface area contributed by atoms with Gasteiger partial charge < -0.3 is 9.47 Å². The van der Waals surface area contributed by atoms with Crippen molar-refractivity contribution in [2.24, 2.45) is 0 Å². The number of carbonyl (C=O) groups excluding carboxylic acids is 1. The quantitative estimate of drug-likeness (QED) is 0.196. The number of halogens is 3. The summed E-state index contributed by atoms with van der Waals surface area (Å²) >= 11 is 18.3. The number of esters is 1. The highest BCUT2D eigenvalue weighted by molar-refractivity contribution is 6.43. The topological polar surface area (TPSA) is 38.8 Å². The van der Waals surface area contributed by atoms with Gasteiger partial charge in [0.05, 0.1) is 27.7 Å². The van der Waals surface area contributed by atoms with Crippen LogP contribution in [0.15, 0.2) is 55.1 Å². The fraction of sp³-hybridized carbons (Fsp3) is 0.348. The second kappa shape index (κ2) is 9.71. The largest absolute Gasteiger partial charge is 0.424 e. The summed E-state index contributed by atoms with van der Waals surface area (Å²) in [5.41, 5.74) is 0.416. The van der Waals surface area contributed by atoms with Crippen molar-refractivity contribution in [2.45, 2.75) is 44.5 Å². The van der Waals surface area contributed by atoms with E-state index in [-0.39, 0.29) is 21.8 Å². The van der Waals surface area contributed by atoms with Crippen molar-refractivity contribution in [3.8, 4) is 5.75 Å². The summed E-state index contributed by atoms with van der Waals surface area (Å²) in [5, 5.41) is 0.776. The zero-order valence-electron chi connectivity index (χ0n) is 16.9. The molecule has 160 valence electrons. The number of hydrogen-bond acceptors (Lipinski definition) is 4. The van der Waals surface area contributed by atoms with Gasteiger partial charge in [-0.3, -0.25) is 4.90 Å². The molecule has 0 aromatic heterocycles. The van der Waals surface area contributed by atoms with E-state index in [0.29, 0.717) is 24.5 Å². The lowest BCUT2D eigenvalue weighted by atomic mass is 10.00. The number of rotatable bonds is 7. The number of benzene rings is 2. The van der Waals surface area contributed by atoms with E-state index in [9.17, 15) is 4.79 Å². The summed E-state index contributed by atoms with van der Waals surface area (Å²) in [6, 6.07) is 12.2. The number of allylic oxidation sites excluding steroid dienone is 1. The van der Waals surface area contributed by atoms with Crippen LogP contribution in [0.25, 0.3) is 0 Å². The van der Waals surface area contributed by atoms with E-state index < -0.39 is 17.7 Å². The van der Waals surface area contributed by atoms with Gasteiger partial charge in [-0.05, 0) is 38.3 Å². The van der Waals surface area contributed by atoms with Crippen molar-refractivity contribution < 1.29 is 14.3 Å². The summed E-state index contributed by atoms with van der Waals surface area (Å²) in [5.74, 6) is -0.259. The van der Waals surface area contributed by atoms with Crippen molar-refractivity contribution in [2.75, 3.05) is 6.61 Å². The van der Waals surface area contributed by atoms with Crippen LogP contribution in [0.2, 0.25) is 15.1 Å². The standard InChI is InChI=1S/C23H24Cl3NO3/c1-4-5-11-19(22(28)30-21-13-17(25)16(24)12-18(21)26)27-20(14-29-23(27,2)3)15-9-7-6-8-10-15/h4,6-10,12-13,19-20H,1,5,11,14H2,2-3H3/t19-,20-/m0/s1. The maximum absolute atomic E-state index is 13.3. The van der Waals surface area contributed by atoms with Gasteiger partial charge in [0, 0.05) is 6.07 Å². The Kier molecular flexibility index (Phi) is 7.48. The third kappa shape index (κ3) is 5.01. The molecule has 3 rings (SSSR count). The molecule has 1 fully saturated rings. The minimum absolute atomic E-state index is 0.0900. The van der Waals surface area contributed by atoms with Crippen LogP contribution >= 0.6 is 34.8 Å². The highest BCUT2D eigenvalue weighted by Crippen LogP contribution is 2.40. The zero-order chi connectivity index (χ0) is 21.9. The lowest BCUT2D eigenvalue weighted by Gasteiger charge is -2.38. The van der Waals surface area contributed by atoms with Crippen LogP contribution in [0.5, 0.6) is 5.75 Å². The maximum atomic E-state index is 13.3. The molecule has 0 N–H and O–H groups in total. The molecule has 4 nitrogen and oxygen atoms in total. The van der Waals surface area contributed by atoms with Gasteiger partial charge in [0.25, 0.3) is 0 Å². The second-order valence-corrected chi connectivity index (χ2v) is 8.81. The van der Waals surface area contributed by atoms with E-state index >= 15 is 0 Å². The minimum Gasteiger partial charge on any atom is -0.424 e. The molecule has 30 heavy (non-hydrogen) atoms. The number of hydrogen-bond donors (Lipinski definition) is 0. The van der Waals surface area contributed by atoms with Gasteiger partial charge in [0.2, 0.25) is 0 Å². The summed E-state index contributed by atoms with van der Waals surface area (Å²) < 4.78 is 11.8. The molecule has 2 aromatic rings. The first-order chi connectivity index (χ1) is 14.2. The van der Waals surface area contributed by atoms with E-state index in [0.717, 1.165) is 5.56 Å². The molecular weight excluding hydrogens is 445 g/mol. The first kappa shape index (κ1) is 23.1. The molecule has 0 amide bonds. The van der Waals surface area contributed by atoms with Crippen molar-refractivity contribution in [3.63, 3.8) is 0 Å². The van der Waals surface area contributed by atoms with Gasteiger partial charge in [0.1, 0.15) is 11.8 Å². The normalized spacial score (nSPS) is 19.4. The van der Waals surface area contributed by atoms with E-state index in [4.69, 9.17) is 44.3 Å². The first-order valence-corrected chi connectivity index (χ1v) is 10.8. The van der Waals surface area contributed by atoms with Gasteiger partial charge in [-0.2, -0.15) is 0 Å². The third-order valence-corrected chi connectivity index (χ3v) is 6.19. The van der Waals surface area contributed by atoms with Crippen LogP contribution in [0.4, 0.5) is 0 Å². The third-order valence-electron chi connectivity index (χ3n) is 5.17. The Morgan fingerprint density at radius 1 is 1.23 bits per heavy atom. The molecule has 2 atom stereocenters. The lowest BCUT2D eigenvalue weighted by molar-refractivity contribution is -0.149. The Balaban J connectivity index is 1.94. The van der Waals surface area contributed by atoms with Crippen LogP contribution in [0, 0.1) is 0 Å². The van der Waals surface area contributed by atoms with Crippen LogP contribution in [-0.4, -0.2) is 29.2 Å². The van der Waals surface area contributed by atoms with E-state index in [1.165, 1.54) is 12.1 Å². The predicted octanol–water partition coefficient (Wildman–Crippen LogP) is 6.70. The lowest BCUT2D eigenvalue weighted by Crippen LogP contribution is -2.52. The van der Waals surface area contributed by atoms with E-state index in [1.54, 1.807) is 6.08 Å². The highest BCUT2D eigenvalue weighted by Gasteiger charge is 2.47. The summed E-state index contributed by atoms with van der Waals surface area (Å²) in [7, 11) is 0. The highest BCUT2D eigenvalue weighted by atomic mass is 35.5. The Bertz CT molecular complexity index is 917. The van der Waals surface area contributed by atoms with Crippen LogP contribution in [0.3, 0.4) is 0 Å². The Morgan fingerprint density at radius 3 is 2.57 bits per heavy atom. The fourth-order valence-corrected chi connectivity index (χ4v) is 4.32. The van der Waals surface area contributed by atoms with Gasteiger partial charge in [-0.25, -0.2) is 4.79 Å². The minimum atomic E-state index is -0.660. The average molecular weight is 469 g/mol. The molecule has 1 aliphatic rings. The van der Waals surface area contributed by atoms with E-state index in [2.05, 4.69) is 11.5 Å². The van der Waals surface area contributed by atoms with Crippen molar-refractivity contribution >= 4 is 40.8 Å². The number of ether oxygens (including phenoxy) is 2. The van der Waals surface area contributed by atoms with Crippen molar-refractivity contribution in [3.05, 3.63) is 75.8 Å². The van der Waals surface area contributed by atoms with Crippen LogP contribution < -0.4 is 4.74 Å². The molecule has 7 heteroatoms. The van der Waals surface area contributed by atoms with Crippen LogP contribution in [0.1, 0.15) is 38.3 Å². The van der Waals surface area contributed by atoms with E-state index in [1.807, 2.05) is 44.2 Å². The van der Waals surface area contributed by atoms with Gasteiger partial charge in [-0.1, -0.05) is 71.2 Å².